The highest BCUT2D eigenvalue weighted by atomic mass is 35.5. The van der Waals surface area contributed by atoms with Gasteiger partial charge in [0, 0.05) is 11.6 Å². The Morgan fingerprint density at radius 3 is 2.80 bits per heavy atom. The summed E-state index contributed by atoms with van der Waals surface area (Å²) in [6, 6.07) is 2.67. The summed E-state index contributed by atoms with van der Waals surface area (Å²) in [5.74, 6) is -0.220. The Bertz CT molecular complexity index is 481. The van der Waals surface area contributed by atoms with Crippen molar-refractivity contribution in [3.05, 3.63) is 22.2 Å². The molecule has 1 aromatic carbocycles. The second-order valence-electron chi connectivity index (χ2n) is 4.70. The Hall–Kier alpha value is -1.01. The lowest BCUT2D eigenvalue weighted by molar-refractivity contribution is -0.202. The van der Waals surface area contributed by atoms with E-state index in [1.807, 2.05) is 0 Å². The topological polar surface area (TPSA) is 67.6 Å². The van der Waals surface area contributed by atoms with Crippen LogP contribution >= 0.6 is 23.2 Å². The summed E-state index contributed by atoms with van der Waals surface area (Å²) < 4.78 is 0. The maximum absolute atomic E-state index is 12.2. The van der Waals surface area contributed by atoms with Crippen molar-refractivity contribution in [2.45, 2.75) is 25.8 Å². The van der Waals surface area contributed by atoms with Crippen LogP contribution in [-0.2, 0) is 9.63 Å². The standard InChI is InChI=1S/C13H17Cl2N3O2/c1-8(18-4-2-3-5-20-18)13(19)17-12-10(15)6-9(14)7-11(12)16/h6-8H,2-5,16H2,1H3,(H,17,19). The van der Waals surface area contributed by atoms with E-state index in [9.17, 15) is 4.79 Å². The molecule has 1 aromatic rings. The predicted octanol–water partition coefficient (Wildman–Crippen LogP) is 2.93. The normalized spacial score (nSPS) is 17.8. The van der Waals surface area contributed by atoms with Crippen molar-refractivity contribution in [1.82, 2.24) is 5.06 Å². The number of nitrogen functional groups attached to an aromatic ring is 1. The average molecular weight is 318 g/mol. The maximum Gasteiger partial charge on any atom is 0.243 e. The molecule has 1 unspecified atom stereocenters. The molecule has 2 rings (SSSR count). The van der Waals surface area contributed by atoms with E-state index in [4.69, 9.17) is 33.8 Å². The molecule has 0 radical (unpaired) electrons. The predicted molar refractivity (Wildman–Crippen MR) is 80.9 cm³/mol. The van der Waals surface area contributed by atoms with Crippen LogP contribution in [0.3, 0.4) is 0 Å². The number of carbonyl (C=O) groups excluding carboxylic acids is 1. The van der Waals surface area contributed by atoms with Crippen LogP contribution in [0.4, 0.5) is 11.4 Å². The molecular formula is C13H17Cl2N3O2. The molecule has 1 aliphatic heterocycles. The van der Waals surface area contributed by atoms with E-state index in [0.29, 0.717) is 28.0 Å². The summed E-state index contributed by atoms with van der Waals surface area (Å²) >= 11 is 11.9. The molecular weight excluding hydrogens is 301 g/mol. The highest BCUT2D eigenvalue weighted by Gasteiger charge is 2.25. The van der Waals surface area contributed by atoms with Crippen molar-refractivity contribution in [2.75, 3.05) is 24.2 Å². The number of amides is 1. The number of nitrogens with zero attached hydrogens (tertiary/aromatic N) is 1. The van der Waals surface area contributed by atoms with Gasteiger partial charge in [-0.2, -0.15) is 5.06 Å². The minimum Gasteiger partial charge on any atom is -0.397 e. The van der Waals surface area contributed by atoms with Crippen molar-refractivity contribution < 1.29 is 9.63 Å². The number of nitrogens with two attached hydrogens (primary N) is 1. The molecule has 7 heteroatoms. The van der Waals surface area contributed by atoms with Crippen molar-refractivity contribution in [1.29, 1.82) is 0 Å². The zero-order valence-corrected chi connectivity index (χ0v) is 12.7. The van der Waals surface area contributed by atoms with Gasteiger partial charge in [-0.15, -0.1) is 0 Å². The number of benzene rings is 1. The van der Waals surface area contributed by atoms with E-state index in [1.54, 1.807) is 18.1 Å². The lowest BCUT2D eigenvalue weighted by Crippen LogP contribution is -2.44. The molecule has 0 aromatic heterocycles. The largest absolute Gasteiger partial charge is 0.397 e. The maximum atomic E-state index is 12.2. The first-order chi connectivity index (χ1) is 9.49. The fourth-order valence-electron chi connectivity index (χ4n) is 2.01. The molecule has 1 heterocycles. The Kier molecular flexibility index (Phi) is 5.10. The molecule has 1 amide bonds. The summed E-state index contributed by atoms with van der Waals surface area (Å²) in [6.45, 7) is 3.15. The molecule has 1 aliphatic rings. The van der Waals surface area contributed by atoms with Crippen LogP contribution in [-0.4, -0.2) is 30.2 Å². The summed E-state index contributed by atoms with van der Waals surface area (Å²) in [5.41, 5.74) is 6.54. The van der Waals surface area contributed by atoms with Gasteiger partial charge in [0.1, 0.15) is 6.04 Å². The SMILES string of the molecule is CC(C(=O)Nc1c(N)cc(Cl)cc1Cl)N1CCCCO1. The van der Waals surface area contributed by atoms with E-state index in [1.165, 1.54) is 6.07 Å². The smallest absolute Gasteiger partial charge is 0.243 e. The Morgan fingerprint density at radius 1 is 1.45 bits per heavy atom. The molecule has 20 heavy (non-hydrogen) atoms. The van der Waals surface area contributed by atoms with Gasteiger partial charge in [0.05, 0.1) is 23.0 Å². The van der Waals surface area contributed by atoms with Crippen molar-refractivity contribution in [2.24, 2.45) is 0 Å². The van der Waals surface area contributed by atoms with Gasteiger partial charge < -0.3 is 11.1 Å². The molecule has 110 valence electrons. The fraction of sp³-hybridized carbons (Fsp3) is 0.462. The summed E-state index contributed by atoms with van der Waals surface area (Å²) in [4.78, 5) is 17.7. The van der Waals surface area contributed by atoms with Gasteiger partial charge >= 0.3 is 0 Å². The molecule has 1 fully saturated rings. The van der Waals surface area contributed by atoms with Gasteiger partial charge in [-0.3, -0.25) is 9.63 Å². The van der Waals surface area contributed by atoms with Gasteiger partial charge in [-0.1, -0.05) is 23.2 Å². The number of anilines is 2. The number of hydrogen-bond donors (Lipinski definition) is 2. The number of hydrogen-bond acceptors (Lipinski definition) is 4. The summed E-state index contributed by atoms with van der Waals surface area (Å²) in [7, 11) is 0. The van der Waals surface area contributed by atoms with E-state index < -0.39 is 6.04 Å². The van der Waals surface area contributed by atoms with Crippen LogP contribution in [0, 0.1) is 0 Å². The first-order valence-electron chi connectivity index (χ1n) is 6.44. The van der Waals surface area contributed by atoms with Crippen LogP contribution < -0.4 is 11.1 Å². The molecule has 0 aliphatic carbocycles. The monoisotopic (exact) mass is 317 g/mol. The average Bonchev–Trinajstić information content (AvgIpc) is 2.42. The first-order valence-corrected chi connectivity index (χ1v) is 7.19. The third kappa shape index (κ3) is 3.55. The number of hydroxylamine groups is 2. The number of nitrogens with one attached hydrogen (secondary N) is 1. The van der Waals surface area contributed by atoms with Gasteiger partial charge in [0.25, 0.3) is 0 Å². The lowest BCUT2D eigenvalue weighted by Gasteiger charge is -2.30. The molecule has 0 bridgehead atoms. The minimum atomic E-state index is -0.415. The van der Waals surface area contributed by atoms with Crippen LogP contribution in [0.5, 0.6) is 0 Å². The van der Waals surface area contributed by atoms with Crippen LogP contribution in [0.1, 0.15) is 19.8 Å². The second kappa shape index (κ2) is 6.63. The number of rotatable bonds is 3. The van der Waals surface area contributed by atoms with Gasteiger partial charge in [-0.05, 0) is 31.9 Å². The highest BCUT2D eigenvalue weighted by molar-refractivity contribution is 6.37. The molecule has 3 N–H and O–H groups in total. The fourth-order valence-corrected chi connectivity index (χ4v) is 2.56. The molecule has 1 saturated heterocycles. The van der Waals surface area contributed by atoms with Crippen molar-refractivity contribution in [3.63, 3.8) is 0 Å². The molecule has 0 saturated carbocycles. The Balaban J connectivity index is 2.07. The summed E-state index contributed by atoms with van der Waals surface area (Å²) in [5, 5.41) is 5.15. The van der Waals surface area contributed by atoms with Gasteiger partial charge in [-0.25, -0.2) is 0 Å². The number of halogens is 2. The van der Waals surface area contributed by atoms with E-state index >= 15 is 0 Å². The third-order valence-corrected chi connectivity index (χ3v) is 3.69. The lowest BCUT2D eigenvalue weighted by atomic mass is 10.2. The van der Waals surface area contributed by atoms with Gasteiger partial charge in [0.15, 0.2) is 0 Å². The third-order valence-electron chi connectivity index (χ3n) is 3.18. The molecule has 0 spiro atoms. The Morgan fingerprint density at radius 2 is 2.20 bits per heavy atom. The van der Waals surface area contributed by atoms with Crippen molar-refractivity contribution >= 4 is 40.5 Å². The zero-order chi connectivity index (χ0) is 14.7. The minimum absolute atomic E-state index is 0.220. The van der Waals surface area contributed by atoms with Crippen LogP contribution in [0.25, 0.3) is 0 Å². The molecule has 1 atom stereocenters. The van der Waals surface area contributed by atoms with E-state index in [0.717, 1.165) is 19.4 Å². The van der Waals surface area contributed by atoms with Crippen LogP contribution in [0.15, 0.2) is 12.1 Å². The first kappa shape index (κ1) is 15.4. The Labute approximate surface area is 127 Å². The zero-order valence-electron chi connectivity index (χ0n) is 11.2. The quantitative estimate of drug-likeness (QED) is 0.841. The van der Waals surface area contributed by atoms with Crippen LogP contribution in [0.2, 0.25) is 10.0 Å². The molecule has 5 nitrogen and oxygen atoms in total. The van der Waals surface area contributed by atoms with Gasteiger partial charge in [0.2, 0.25) is 5.91 Å². The highest BCUT2D eigenvalue weighted by Crippen LogP contribution is 2.32. The summed E-state index contributed by atoms with van der Waals surface area (Å²) in [6.07, 6.45) is 2.03. The van der Waals surface area contributed by atoms with E-state index in [-0.39, 0.29) is 5.91 Å². The second-order valence-corrected chi connectivity index (χ2v) is 5.54. The van der Waals surface area contributed by atoms with E-state index in [2.05, 4.69) is 5.32 Å². The number of carbonyl (C=O) groups is 1. The van der Waals surface area contributed by atoms with Crippen molar-refractivity contribution in [3.8, 4) is 0 Å².